The van der Waals surface area contributed by atoms with Gasteiger partial charge in [0.15, 0.2) is 0 Å². The zero-order chi connectivity index (χ0) is 3.41. The molecule has 0 fully saturated rings. The Hall–Kier alpha value is 0.240. The summed E-state index contributed by atoms with van der Waals surface area (Å²) in [5.41, 5.74) is 0. The van der Waals surface area contributed by atoms with Crippen molar-refractivity contribution in [3.63, 3.8) is 0 Å². The second-order valence-corrected chi connectivity index (χ2v) is 0.689. The Kier molecular flexibility index (Phi) is 3.43. The van der Waals surface area contributed by atoms with Crippen molar-refractivity contribution in [3.05, 3.63) is 0 Å². The van der Waals surface area contributed by atoms with Gasteiger partial charge in [0.2, 0.25) is 12.4 Å². The summed E-state index contributed by atoms with van der Waals surface area (Å²) >= 11 is -0.144. The molecule has 0 amide bonds. The third-order valence-corrected chi connectivity index (χ3v) is 0.189. The molecule has 0 N–H and O–H groups in total. The van der Waals surface area contributed by atoms with Crippen molar-refractivity contribution in [1.29, 1.82) is 0 Å². The van der Waals surface area contributed by atoms with Crippen LogP contribution in [0.1, 0.15) is 0 Å². The Morgan fingerprint density at radius 2 is 2.25 bits per heavy atom. The molecule has 0 heterocycles. The zero-order valence-corrected chi connectivity index (χ0v) is 3.01. The van der Waals surface area contributed by atoms with Gasteiger partial charge < -0.3 is 0 Å². The van der Waals surface area contributed by atoms with Gasteiger partial charge in [-0.3, -0.25) is 4.18 Å². The number of hydrogen-bond donors (Lipinski definition) is 0. The second kappa shape index (κ2) is 3.24. The molecule has 0 aromatic carbocycles. The molecule has 1 nitrogen and oxygen atoms in total. The van der Waals surface area contributed by atoms with E-state index in [9.17, 15) is 3.89 Å². The van der Waals surface area contributed by atoms with Gasteiger partial charge in [-0.1, -0.05) is 0 Å². The summed E-state index contributed by atoms with van der Waals surface area (Å²) in [6.07, 6.45) is 0. The van der Waals surface area contributed by atoms with E-state index in [0.717, 1.165) is 0 Å². The van der Waals surface area contributed by atoms with Crippen molar-refractivity contribution in [3.8, 4) is 0 Å². The van der Waals surface area contributed by atoms with Crippen LogP contribution in [0.5, 0.6) is 0 Å². The molecule has 0 aliphatic heterocycles. The molecule has 26 valence electrons. The van der Waals surface area contributed by atoms with E-state index in [1.54, 1.807) is 0 Å². The molecular formula is CH3FOS. The predicted octanol–water partition coefficient (Wildman–Crippen LogP) is 1.17. The third-order valence-electron chi connectivity index (χ3n) is 0.0630. The summed E-state index contributed by atoms with van der Waals surface area (Å²) in [5, 5.41) is 0. The standard InChI is InChI=1S/CH3FOS/c1-3-4-2/h1H3. The van der Waals surface area contributed by atoms with Crippen molar-refractivity contribution in [2.75, 3.05) is 7.11 Å². The van der Waals surface area contributed by atoms with Crippen LogP contribution >= 0.6 is 12.4 Å². The summed E-state index contributed by atoms with van der Waals surface area (Å²) in [6.45, 7) is 0. The lowest BCUT2D eigenvalue weighted by Crippen LogP contribution is -1.48. The topological polar surface area (TPSA) is 9.23 Å². The van der Waals surface area contributed by atoms with Crippen molar-refractivity contribution < 1.29 is 8.07 Å². The van der Waals surface area contributed by atoms with Crippen LogP contribution in [0.4, 0.5) is 3.89 Å². The van der Waals surface area contributed by atoms with Crippen LogP contribution in [0.25, 0.3) is 0 Å². The molecule has 0 bridgehead atoms. The summed E-state index contributed by atoms with van der Waals surface area (Å²) in [7, 11) is 1.27. The van der Waals surface area contributed by atoms with Gasteiger partial charge in [-0.25, -0.2) is 0 Å². The monoisotopic (exact) mass is 82.0 g/mol. The van der Waals surface area contributed by atoms with E-state index in [4.69, 9.17) is 0 Å². The van der Waals surface area contributed by atoms with Gasteiger partial charge in [-0.15, -0.1) is 3.89 Å². The molecule has 0 aliphatic carbocycles. The van der Waals surface area contributed by atoms with Crippen LogP contribution in [0.15, 0.2) is 0 Å². The third kappa shape index (κ3) is 2.24. The van der Waals surface area contributed by atoms with E-state index in [-0.39, 0.29) is 12.4 Å². The van der Waals surface area contributed by atoms with E-state index in [1.807, 2.05) is 0 Å². The minimum atomic E-state index is -0.144. The molecule has 0 radical (unpaired) electrons. The van der Waals surface area contributed by atoms with E-state index in [2.05, 4.69) is 4.18 Å². The predicted molar refractivity (Wildman–Crippen MR) is 15.7 cm³/mol. The lowest BCUT2D eigenvalue weighted by Gasteiger charge is -1.68. The highest BCUT2D eigenvalue weighted by molar-refractivity contribution is 7.89. The first-order valence-electron chi connectivity index (χ1n) is 0.729. The van der Waals surface area contributed by atoms with Crippen LogP contribution in [0, 0.1) is 0 Å². The summed E-state index contributed by atoms with van der Waals surface area (Å²) in [5.74, 6) is 0. The minimum absolute atomic E-state index is 0.144. The first kappa shape index (κ1) is 4.24. The first-order chi connectivity index (χ1) is 1.91. The highest BCUT2D eigenvalue weighted by Crippen LogP contribution is 1.95. The Bertz CT molecular complexity index is 10.0. The van der Waals surface area contributed by atoms with Gasteiger partial charge in [0, 0.05) is 0 Å². The largest absolute Gasteiger partial charge is 0.291 e. The molecule has 0 unspecified atom stereocenters. The molecule has 0 rings (SSSR count). The smallest absolute Gasteiger partial charge is 0.207 e. The van der Waals surface area contributed by atoms with E-state index in [0.29, 0.717) is 0 Å². The lowest BCUT2D eigenvalue weighted by molar-refractivity contribution is 0.468. The molecule has 0 atom stereocenters. The lowest BCUT2D eigenvalue weighted by atomic mass is 11.8. The molecule has 0 aromatic heterocycles. The SMILES string of the molecule is COSF. The molecule has 0 aliphatic rings. The molecular weight excluding hydrogens is 79.1 g/mol. The van der Waals surface area contributed by atoms with Crippen LogP contribution in [0.3, 0.4) is 0 Å². The highest BCUT2D eigenvalue weighted by Gasteiger charge is 1.60. The molecule has 0 aromatic rings. The molecule has 4 heavy (non-hydrogen) atoms. The van der Waals surface area contributed by atoms with Gasteiger partial charge in [0.05, 0.1) is 7.11 Å². The highest BCUT2D eigenvalue weighted by atomic mass is 32.2. The fourth-order valence-corrected chi connectivity index (χ4v) is 0. The maximum absolute atomic E-state index is 10.4. The van der Waals surface area contributed by atoms with E-state index < -0.39 is 0 Å². The van der Waals surface area contributed by atoms with Crippen LogP contribution in [-0.4, -0.2) is 7.11 Å². The second-order valence-electron chi connectivity index (χ2n) is 0.230. The summed E-state index contributed by atoms with van der Waals surface area (Å²) < 4.78 is 14.2. The van der Waals surface area contributed by atoms with Crippen molar-refractivity contribution in [2.24, 2.45) is 0 Å². The Morgan fingerprint density at radius 3 is 2.25 bits per heavy atom. The van der Waals surface area contributed by atoms with Gasteiger partial charge in [0.1, 0.15) is 0 Å². The van der Waals surface area contributed by atoms with E-state index in [1.165, 1.54) is 7.11 Å². The van der Waals surface area contributed by atoms with Gasteiger partial charge >= 0.3 is 0 Å². The molecule has 0 saturated carbocycles. The normalized spacial score (nSPS) is 7.50. The molecule has 0 spiro atoms. The van der Waals surface area contributed by atoms with Gasteiger partial charge in [-0.05, 0) is 0 Å². The zero-order valence-electron chi connectivity index (χ0n) is 2.19. The van der Waals surface area contributed by atoms with Crippen molar-refractivity contribution in [2.45, 2.75) is 0 Å². The average molecular weight is 82.1 g/mol. The summed E-state index contributed by atoms with van der Waals surface area (Å²) in [6, 6.07) is 0. The van der Waals surface area contributed by atoms with Crippen molar-refractivity contribution >= 4 is 12.4 Å². The molecule has 0 saturated heterocycles. The maximum atomic E-state index is 10.4. The van der Waals surface area contributed by atoms with Crippen LogP contribution in [0.2, 0.25) is 0 Å². The maximum Gasteiger partial charge on any atom is 0.207 e. The van der Waals surface area contributed by atoms with Gasteiger partial charge in [0.25, 0.3) is 0 Å². The van der Waals surface area contributed by atoms with E-state index >= 15 is 0 Å². The Morgan fingerprint density at radius 1 is 2.00 bits per heavy atom. The number of rotatable bonds is 1. The number of hydrogen-bond acceptors (Lipinski definition) is 2. The fourth-order valence-electron chi connectivity index (χ4n) is 0. The van der Waals surface area contributed by atoms with Crippen LogP contribution < -0.4 is 0 Å². The van der Waals surface area contributed by atoms with Crippen LogP contribution in [-0.2, 0) is 4.18 Å². The first-order valence-corrected chi connectivity index (χ1v) is 1.37. The Labute approximate surface area is 28.6 Å². The summed E-state index contributed by atoms with van der Waals surface area (Å²) in [4.78, 5) is 0. The number of halogens is 1. The van der Waals surface area contributed by atoms with Crippen molar-refractivity contribution in [1.82, 2.24) is 0 Å². The van der Waals surface area contributed by atoms with Gasteiger partial charge in [-0.2, -0.15) is 0 Å². The Balaban J connectivity index is 1.97. The average Bonchev–Trinajstić information content (AvgIpc) is 1.37. The molecule has 3 heteroatoms. The fraction of sp³-hybridized carbons (Fsp3) is 1.00. The quantitative estimate of drug-likeness (QED) is 0.439. The minimum Gasteiger partial charge on any atom is -0.291 e.